The van der Waals surface area contributed by atoms with Crippen molar-refractivity contribution in [2.24, 2.45) is 7.05 Å². The molecule has 22 heavy (non-hydrogen) atoms. The molecule has 1 amide bonds. The van der Waals surface area contributed by atoms with Crippen LogP contribution in [-0.4, -0.2) is 37.3 Å². The van der Waals surface area contributed by atoms with E-state index in [1.807, 2.05) is 33.0 Å². The third-order valence-corrected chi connectivity index (χ3v) is 5.12. The second-order valence-corrected chi connectivity index (χ2v) is 6.89. The predicted octanol–water partition coefficient (Wildman–Crippen LogP) is 2.71. The maximum absolute atomic E-state index is 12.4. The van der Waals surface area contributed by atoms with Gasteiger partial charge in [-0.3, -0.25) is 14.5 Å². The van der Waals surface area contributed by atoms with Gasteiger partial charge in [0.2, 0.25) is 0 Å². The summed E-state index contributed by atoms with van der Waals surface area (Å²) in [5.74, 6) is -1.00. The molecule has 0 aliphatic carbocycles. The van der Waals surface area contributed by atoms with Crippen molar-refractivity contribution in [2.45, 2.75) is 26.7 Å². The zero-order chi connectivity index (χ0) is 16.4. The first-order valence-electron chi connectivity index (χ1n) is 6.91. The minimum absolute atomic E-state index is 0.0348. The fourth-order valence-electron chi connectivity index (χ4n) is 2.25. The SMILES string of the molecule is Cc1cc(C=C2SC(=S)N(CCCC(=O)O)C2=O)c(C)n1C. The summed E-state index contributed by atoms with van der Waals surface area (Å²) in [4.78, 5) is 25.0. The fraction of sp³-hybridized carbons (Fsp3) is 0.400. The van der Waals surface area contributed by atoms with E-state index in [9.17, 15) is 9.59 Å². The lowest BCUT2D eigenvalue weighted by Gasteiger charge is -2.13. The van der Waals surface area contributed by atoms with Gasteiger partial charge in [-0.05, 0) is 38.0 Å². The summed E-state index contributed by atoms with van der Waals surface area (Å²) in [7, 11) is 1.99. The number of hydrogen-bond acceptors (Lipinski definition) is 4. The lowest BCUT2D eigenvalue weighted by molar-refractivity contribution is -0.137. The van der Waals surface area contributed by atoms with Gasteiger partial charge in [0.25, 0.3) is 5.91 Å². The summed E-state index contributed by atoms with van der Waals surface area (Å²) in [6.45, 7) is 4.37. The Kier molecular flexibility index (Phi) is 5.08. The number of rotatable bonds is 5. The minimum Gasteiger partial charge on any atom is -0.481 e. The lowest BCUT2D eigenvalue weighted by Crippen LogP contribution is -2.29. The second kappa shape index (κ2) is 6.66. The lowest BCUT2D eigenvalue weighted by atomic mass is 10.2. The molecule has 5 nitrogen and oxygen atoms in total. The van der Waals surface area contributed by atoms with Gasteiger partial charge in [0.15, 0.2) is 0 Å². The van der Waals surface area contributed by atoms with Crippen molar-refractivity contribution < 1.29 is 14.7 Å². The largest absolute Gasteiger partial charge is 0.481 e. The number of carboxylic acid groups (broad SMARTS) is 1. The Morgan fingerprint density at radius 3 is 2.68 bits per heavy atom. The van der Waals surface area contributed by atoms with E-state index in [-0.39, 0.29) is 12.3 Å². The zero-order valence-corrected chi connectivity index (χ0v) is 14.4. The summed E-state index contributed by atoms with van der Waals surface area (Å²) in [5.41, 5.74) is 3.22. The molecule has 1 aromatic heterocycles. The van der Waals surface area contributed by atoms with Crippen LogP contribution in [0.2, 0.25) is 0 Å². The van der Waals surface area contributed by atoms with Crippen molar-refractivity contribution in [1.82, 2.24) is 9.47 Å². The number of thiocarbonyl (C=S) groups is 1. The number of carbonyl (C=O) groups excluding carboxylic acids is 1. The average molecular weight is 338 g/mol. The van der Waals surface area contributed by atoms with E-state index in [1.165, 1.54) is 16.7 Å². The monoisotopic (exact) mass is 338 g/mol. The summed E-state index contributed by atoms with van der Waals surface area (Å²) in [5, 5.41) is 8.67. The van der Waals surface area contributed by atoms with Crippen LogP contribution in [0, 0.1) is 13.8 Å². The highest BCUT2D eigenvalue weighted by Gasteiger charge is 2.31. The van der Waals surface area contributed by atoms with Crippen LogP contribution in [0.3, 0.4) is 0 Å². The molecule has 0 aromatic carbocycles. The van der Waals surface area contributed by atoms with Gasteiger partial charge < -0.3 is 9.67 Å². The van der Waals surface area contributed by atoms with Crippen LogP contribution in [0.25, 0.3) is 6.08 Å². The molecule has 1 N–H and O–H groups in total. The first-order valence-corrected chi connectivity index (χ1v) is 8.14. The number of aliphatic carboxylic acids is 1. The van der Waals surface area contributed by atoms with E-state index in [0.717, 1.165) is 17.0 Å². The standard InChI is InChI=1S/C15H18N2O3S2/c1-9-7-11(10(2)16(9)3)8-12-14(20)17(15(21)22-12)6-4-5-13(18)19/h7-8H,4-6H2,1-3H3,(H,18,19). The highest BCUT2D eigenvalue weighted by atomic mass is 32.2. The van der Waals surface area contributed by atoms with Gasteiger partial charge in [-0.1, -0.05) is 24.0 Å². The van der Waals surface area contributed by atoms with Crippen molar-refractivity contribution in [2.75, 3.05) is 6.54 Å². The van der Waals surface area contributed by atoms with E-state index in [1.54, 1.807) is 0 Å². The Morgan fingerprint density at radius 2 is 2.14 bits per heavy atom. The molecule has 2 heterocycles. The molecule has 0 saturated carbocycles. The Labute approximate surface area is 139 Å². The van der Waals surface area contributed by atoms with E-state index < -0.39 is 5.97 Å². The predicted molar refractivity (Wildman–Crippen MR) is 91.6 cm³/mol. The number of hydrogen-bond donors (Lipinski definition) is 1. The number of aryl methyl sites for hydroxylation is 1. The van der Waals surface area contributed by atoms with E-state index in [2.05, 4.69) is 4.57 Å². The Hall–Kier alpha value is -1.60. The number of thioether (sulfide) groups is 1. The smallest absolute Gasteiger partial charge is 0.303 e. The van der Waals surface area contributed by atoms with Gasteiger partial charge in [0, 0.05) is 31.4 Å². The first kappa shape index (κ1) is 16.8. The minimum atomic E-state index is -0.864. The Balaban J connectivity index is 2.15. The third-order valence-electron chi connectivity index (χ3n) is 3.75. The van der Waals surface area contributed by atoms with Crippen LogP contribution in [0.1, 0.15) is 29.8 Å². The fourth-order valence-corrected chi connectivity index (χ4v) is 3.55. The van der Waals surface area contributed by atoms with Gasteiger partial charge in [-0.15, -0.1) is 0 Å². The highest BCUT2D eigenvalue weighted by molar-refractivity contribution is 8.26. The number of amides is 1. The maximum atomic E-state index is 12.4. The number of carbonyl (C=O) groups is 2. The van der Waals surface area contributed by atoms with Crippen LogP contribution >= 0.6 is 24.0 Å². The maximum Gasteiger partial charge on any atom is 0.303 e. The molecule has 0 radical (unpaired) electrons. The molecule has 1 aliphatic heterocycles. The van der Waals surface area contributed by atoms with Crippen LogP contribution in [0.15, 0.2) is 11.0 Å². The van der Waals surface area contributed by atoms with Crippen LogP contribution in [0.4, 0.5) is 0 Å². The summed E-state index contributed by atoms with van der Waals surface area (Å²) < 4.78 is 2.56. The van der Waals surface area contributed by atoms with Gasteiger partial charge in [0.05, 0.1) is 4.91 Å². The number of carboxylic acids is 1. The molecule has 7 heteroatoms. The molecule has 0 unspecified atom stereocenters. The van der Waals surface area contributed by atoms with Crippen molar-refractivity contribution in [3.8, 4) is 0 Å². The highest BCUT2D eigenvalue weighted by Crippen LogP contribution is 2.33. The number of aromatic nitrogens is 1. The summed E-state index contributed by atoms with van der Waals surface area (Å²) in [6.07, 6.45) is 2.30. The number of nitrogens with zero attached hydrogens (tertiary/aromatic N) is 2. The van der Waals surface area contributed by atoms with Gasteiger partial charge >= 0.3 is 5.97 Å². The topological polar surface area (TPSA) is 62.5 Å². The van der Waals surface area contributed by atoms with Crippen molar-refractivity contribution in [3.05, 3.63) is 27.9 Å². The quantitative estimate of drug-likeness (QED) is 0.661. The normalized spacial score (nSPS) is 16.9. The van der Waals surface area contributed by atoms with Crippen LogP contribution in [0.5, 0.6) is 0 Å². The molecule has 0 spiro atoms. The molecule has 118 valence electrons. The second-order valence-electron chi connectivity index (χ2n) is 5.22. The molecule has 2 rings (SSSR count). The molecule has 1 fully saturated rings. The summed E-state index contributed by atoms with van der Waals surface area (Å²) in [6, 6.07) is 2.03. The molecule has 0 bridgehead atoms. The van der Waals surface area contributed by atoms with E-state index in [0.29, 0.717) is 22.2 Å². The van der Waals surface area contributed by atoms with Crippen LogP contribution < -0.4 is 0 Å². The molecular formula is C15H18N2O3S2. The molecule has 0 atom stereocenters. The van der Waals surface area contributed by atoms with Crippen molar-refractivity contribution in [1.29, 1.82) is 0 Å². The summed E-state index contributed by atoms with van der Waals surface area (Å²) >= 11 is 6.50. The Morgan fingerprint density at radius 1 is 1.45 bits per heavy atom. The Bertz CT molecular complexity index is 677. The third kappa shape index (κ3) is 3.41. The van der Waals surface area contributed by atoms with Crippen molar-refractivity contribution >= 4 is 46.3 Å². The van der Waals surface area contributed by atoms with E-state index >= 15 is 0 Å². The van der Waals surface area contributed by atoms with Gasteiger partial charge in [-0.2, -0.15) is 0 Å². The average Bonchev–Trinajstić information content (AvgIpc) is 2.84. The molecule has 1 saturated heterocycles. The molecule has 1 aliphatic rings. The molecule has 1 aromatic rings. The van der Waals surface area contributed by atoms with E-state index in [4.69, 9.17) is 17.3 Å². The van der Waals surface area contributed by atoms with Gasteiger partial charge in [-0.25, -0.2) is 0 Å². The van der Waals surface area contributed by atoms with Crippen LogP contribution in [-0.2, 0) is 16.6 Å². The van der Waals surface area contributed by atoms with Crippen molar-refractivity contribution in [3.63, 3.8) is 0 Å². The first-order chi connectivity index (χ1) is 10.3. The van der Waals surface area contributed by atoms with Gasteiger partial charge in [0.1, 0.15) is 4.32 Å². The molecular weight excluding hydrogens is 320 g/mol. The zero-order valence-electron chi connectivity index (χ0n) is 12.8.